The third-order valence-electron chi connectivity index (χ3n) is 4.17. The van der Waals surface area contributed by atoms with Crippen LogP contribution in [0.25, 0.3) is 5.57 Å². The first-order valence-corrected chi connectivity index (χ1v) is 6.70. The summed E-state index contributed by atoms with van der Waals surface area (Å²) >= 11 is 0. The zero-order valence-electron chi connectivity index (χ0n) is 11.1. The van der Waals surface area contributed by atoms with Crippen molar-refractivity contribution in [2.75, 3.05) is 0 Å². The highest BCUT2D eigenvalue weighted by atomic mass is 16.1. The Labute approximate surface area is 109 Å². The summed E-state index contributed by atoms with van der Waals surface area (Å²) in [6, 6.07) is 10.4. The summed E-state index contributed by atoms with van der Waals surface area (Å²) in [7, 11) is 0. The van der Waals surface area contributed by atoms with Gasteiger partial charge in [-0.15, -0.1) is 0 Å². The van der Waals surface area contributed by atoms with E-state index in [2.05, 4.69) is 44.2 Å². The van der Waals surface area contributed by atoms with Crippen molar-refractivity contribution in [3.05, 3.63) is 42.0 Å². The van der Waals surface area contributed by atoms with Crippen LogP contribution >= 0.6 is 0 Å². The van der Waals surface area contributed by atoms with Gasteiger partial charge < -0.3 is 5.73 Å². The molecule has 0 saturated heterocycles. The number of primary amides is 1. The van der Waals surface area contributed by atoms with Crippen LogP contribution in [0.5, 0.6) is 0 Å². The number of nitrogens with two attached hydrogens (primary N) is 1. The Kier molecular flexibility index (Phi) is 3.85. The van der Waals surface area contributed by atoms with Crippen molar-refractivity contribution >= 4 is 11.5 Å². The number of carbonyl (C=O) groups is 1. The van der Waals surface area contributed by atoms with Crippen LogP contribution in [0.2, 0.25) is 0 Å². The lowest BCUT2D eigenvalue weighted by atomic mass is 9.70. The standard InChI is InChI=1S/C16H21NO/c1-3-13-11(2)14(16(17)18)9-10-15(13)12-7-5-4-6-8-12/h4-8,10-11,13-14H,3,9H2,1-2H3,(H2,17,18)/t11-,13-,14+/m0/s1. The minimum atomic E-state index is -0.163. The third kappa shape index (κ3) is 2.33. The van der Waals surface area contributed by atoms with E-state index in [0.29, 0.717) is 11.8 Å². The Balaban J connectivity index is 2.34. The molecule has 0 radical (unpaired) electrons. The topological polar surface area (TPSA) is 43.1 Å². The van der Waals surface area contributed by atoms with Crippen LogP contribution in [0.3, 0.4) is 0 Å². The van der Waals surface area contributed by atoms with Crippen LogP contribution in [0, 0.1) is 17.8 Å². The first kappa shape index (κ1) is 12.9. The summed E-state index contributed by atoms with van der Waals surface area (Å²) in [5, 5.41) is 0. The van der Waals surface area contributed by atoms with E-state index in [1.165, 1.54) is 11.1 Å². The van der Waals surface area contributed by atoms with Gasteiger partial charge in [-0.2, -0.15) is 0 Å². The Hall–Kier alpha value is -1.57. The molecule has 3 atom stereocenters. The van der Waals surface area contributed by atoms with Gasteiger partial charge in [0, 0.05) is 5.92 Å². The zero-order chi connectivity index (χ0) is 13.1. The van der Waals surface area contributed by atoms with E-state index in [-0.39, 0.29) is 11.8 Å². The number of benzene rings is 1. The van der Waals surface area contributed by atoms with Gasteiger partial charge in [-0.1, -0.05) is 50.3 Å². The molecule has 1 aliphatic rings. The predicted octanol–water partition coefficient (Wildman–Crippen LogP) is 3.24. The first-order chi connectivity index (χ1) is 8.65. The van der Waals surface area contributed by atoms with Crippen LogP contribution in [0.15, 0.2) is 36.4 Å². The molecule has 1 aromatic carbocycles. The fourth-order valence-electron chi connectivity index (χ4n) is 3.11. The second-order valence-electron chi connectivity index (χ2n) is 5.14. The highest BCUT2D eigenvalue weighted by Crippen LogP contribution is 2.41. The molecule has 0 spiro atoms. The third-order valence-corrected chi connectivity index (χ3v) is 4.17. The summed E-state index contributed by atoms with van der Waals surface area (Å²) in [4.78, 5) is 11.5. The quantitative estimate of drug-likeness (QED) is 0.870. The van der Waals surface area contributed by atoms with Crippen LogP contribution in [-0.2, 0) is 4.79 Å². The summed E-state index contributed by atoms with van der Waals surface area (Å²) < 4.78 is 0. The molecule has 0 aromatic heterocycles. The number of rotatable bonds is 3. The number of carbonyl (C=O) groups excluding carboxylic acids is 1. The molecule has 1 amide bonds. The molecule has 0 aliphatic heterocycles. The van der Waals surface area contributed by atoms with Gasteiger partial charge >= 0.3 is 0 Å². The SMILES string of the molecule is CC[C@@H]1C(c2ccccc2)=CC[C@@H](C(N)=O)[C@H]1C. The number of allylic oxidation sites excluding steroid dienone is 2. The van der Waals surface area contributed by atoms with Crippen LogP contribution in [0.4, 0.5) is 0 Å². The fraction of sp³-hybridized carbons (Fsp3) is 0.438. The van der Waals surface area contributed by atoms with Crippen LogP contribution < -0.4 is 5.73 Å². The second-order valence-corrected chi connectivity index (χ2v) is 5.14. The molecule has 1 aromatic rings. The first-order valence-electron chi connectivity index (χ1n) is 6.70. The molecular formula is C16H21NO. The van der Waals surface area contributed by atoms with Gasteiger partial charge in [-0.3, -0.25) is 4.79 Å². The van der Waals surface area contributed by atoms with Crippen molar-refractivity contribution < 1.29 is 4.79 Å². The molecule has 2 nitrogen and oxygen atoms in total. The summed E-state index contributed by atoms with van der Waals surface area (Å²) in [5.41, 5.74) is 8.15. The molecular weight excluding hydrogens is 222 g/mol. The molecule has 18 heavy (non-hydrogen) atoms. The molecule has 0 bridgehead atoms. The molecule has 96 valence electrons. The molecule has 2 N–H and O–H groups in total. The molecule has 2 rings (SSSR count). The van der Waals surface area contributed by atoms with E-state index in [0.717, 1.165) is 12.8 Å². The fourth-order valence-corrected chi connectivity index (χ4v) is 3.11. The van der Waals surface area contributed by atoms with Crippen molar-refractivity contribution in [1.29, 1.82) is 0 Å². The summed E-state index contributed by atoms with van der Waals surface area (Å²) in [6.45, 7) is 4.33. The van der Waals surface area contributed by atoms with Gasteiger partial charge in [0.2, 0.25) is 5.91 Å². The smallest absolute Gasteiger partial charge is 0.221 e. The van der Waals surface area contributed by atoms with E-state index in [4.69, 9.17) is 5.73 Å². The van der Waals surface area contributed by atoms with Crippen molar-refractivity contribution in [3.8, 4) is 0 Å². The van der Waals surface area contributed by atoms with Gasteiger partial charge in [0.25, 0.3) is 0 Å². The molecule has 0 unspecified atom stereocenters. The number of hydrogen-bond donors (Lipinski definition) is 1. The van der Waals surface area contributed by atoms with E-state index in [1.54, 1.807) is 0 Å². The Bertz CT molecular complexity index is 449. The van der Waals surface area contributed by atoms with E-state index >= 15 is 0 Å². The molecule has 0 fully saturated rings. The van der Waals surface area contributed by atoms with Crippen molar-refractivity contribution in [2.45, 2.75) is 26.7 Å². The van der Waals surface area contributed by atoms with Gasteiger partial charge in [-0.05, 0) is 35.8 Å². The van der Waals surface area contributed by atoms with E-state index in [9.17, 15) is 4.79 Å². The van der Waals surface area contributed by atoms with E-state index in [1.807, 2.05) is 6.07 Å². The van der Waals surface area contributed by atoms with Gasteiger partial charge in [0.15, 0.2) is 0 Å². The Morgan fingerprint density at radius 1 is 1.33 bits per heavy atom. The van der Waals surface area contributed by atoms with Gasteiger partial charge in [0.1, 0.15) is 0 Å². The van der Waals surface area contributed by atoms with Gasteiger partial charge in [0.05, 0.1) is 0 Å². The average molecular weight is 243 g/mol. The summed E-state index contributed by atoms with van der Waals surface area (Å²) in [5.74, 6) is 0.582. The maximum absolute atomic E-state index is 11.5. The predicted molar refractivity (Wildman–Crippen MR) is 74.7 cm³/mol. The molecule has 0 heterocycles. The van der Waals surface area contributed by atoms with Crippen LogP contribution in [-0.4, -0.2) is 5.91 Å². The normalized spacial score (nSPS) is 27.7. The number of amides is 1. The lowest BCUT2D eigenvalue weighted by Crippen LogP contribution is -2.35. The molecule has 0 saturated carbocycles. The molecule has 1 aliphatic carbocycles. The highest BCUT2D eigenvalue weighted by molar-refractivity contribution is 5.79. The lowest BCUT2D eigenvalue weighted by molar-refractivity contribution is -0.123. The van der Waals surface area contributed by atoms with E-state index < -0.39 is 0 Å². The van der Waals surface area contributed by atoms with Gasteiger partial charge in [-0.25, -0.2) is 0 Å². The maximum atomic E-state index is 11.5. The lowest BCUT2D eigenvalue weighted by Gasteiger charge is -2.34. The molecule has 2 heteroatoms. The van der Waals surface area contributed by atoms with Crippen molar-refractivity contribution in [2.24, 2.45) is 23.5 Å². The minimum absolute atomic E-state index is 0.0117. The largest absolute Gasteiger partial charge is 0.369 e. The minimum Gasteiger partial charge on any atom is -0.369 e. The zero-order valence-corrected chi connectivity index (χ0v) is 11.1. The Morgan fingerprint density at radius 2 is 2.00 bits per heavy atom. The highest BCUT2D eigenvalue weighted by Gasteiger charge is 2.33. The second kappa shape index (κ2) is 5.38. The van der Waals surface area contributed by atoms with Crippen molar-refractivity contribution in [1.82, 2.24) is 0 Å². The number of hydrogen-bond acceptors (Lipinski definition) is 1. The Morgan fingerprint density at radius 3 is 2.56 bits per heavy atom. The van der Waals surface area contributed by atoms with Crippen molar-refractivity contribution in [3.63, 3.8) is 0 Å². The summed E-state index contributed by atoms with van der Waals surface area (Å²) in [6.07, 6.45) is 4.03. The van der Waals surface area contributed by atoms with Crippen LogP contribution in [0.1, 0.15) is 32.3 Å². The average Bonchev–Trinajstić information content (AvgIpc) is 2.39. The maximum Gasteiger partial charge on any atom is 0.221 e. The monoisotopic (exact) mass is 243 g/mol.